The van der Waals surface area contributed by atoms with E-state index in [0.717, 1.165) is 5.56 Å². The average Bonchev–Trinajstić information content (AvgIpc) is 2.40. The maximum absolute atomic E-state index is 11.5. The van der Waals surface area contributed by atoms with Crippen LogP contribution in [0.15, 0.2) is 18.2 Å². The van der Waals surface area contributed by atoms with E-state index < -0.39 is 5.72 Å². The van der Waals surface area contributed by atoms with Gasteiger partial charge in [-0.2, -0.15) is 0 Å². The molecule has 0 saturated heterocycles. The van der Waals surface area contributed by atoms with E-state index in [9.17, 15) is 9.90 Å². The summed E-state index contributed by atoms with van der Waals surface area (Å²) in [6, 6.07) is 5.49. The standard InChI is InChI=1S/C11H13NO2/c1-3-11(14)9-6-7(2)4-5-8(9)10(13)12-11/h4-6,14H,3H2,1-2H3,(H,12,13). The van der Waals surface area contributed by atoms with Gasteiger partial charge in [-0.25, -0.2) is 0 Å². The fourth-order valence-corrected chi connectivity index (χ4v) is 1.80. The summed E-state index contributed by atoms with van der Waals surface area (Å²) in [6.45, 7) is 3.79. The van der Waals surface area contributed by atoms with Crippen molar-refractivity contribution in [1.82, 2.24) is 5.32 Å². The highest BCUT2D eigenvalue weighted by molar-refractivity contribution is 5.99. The number of amides is 1. The molecule has 3 heteroatoms. The van der Waals surface area contributed by atoms with Crippen LogP contribution >= 0.6 is 0 Å². The van der Waals surface area contributed by atoms with Gasteiger partial charge in [0.05, 0.1) is 0 Å². The molecule has 1 aromatic carbocycles. The molecule has 74 valence electrons. The molecule has 0 spiro atoms. The quantitative estimate of drug-likeness (QED) is 0.702. The number of benzene rings is 1. The van der Waals surface area contributed by atoms with Crippen LogP contribution < -0.4 is 5.32 Å². The number of hydrogen-bond acceptors (Lipinski definition) is 2. The molecular weight excluding hydrogens is 178 g/mol. The number of hydrogen-bond donors (Lipinski definition) is 2. The van der Waals surface area contributed by atoms with Gasteiger partial charge >= 0.3 is 0 Å². The molecule has 1 atom stereocenters. The molecule has 1 heterocycles. The van der Waals surface area contributed by atoms with Crippen molar-refractivity contribution >= 4 is 5.91 Å². The summed E-state index contributed by atoms with van der Waals surface area (Å²) in [5.41, 5.74) is 1.16. The molecule has 0 aliphatic carbocycles. The van der Waals surface area contributed by atoms with Gasteiger partial charge in [-0.1, -0.05) is 24.6 Å². The Morgan fingerprint density at radius 1 is 1.50 bits per heavy atom. The normalized spacial score (nSPS) is 24.6. The van der Waals surface area contributed by atoms with E-state index >= 15 is 0 Å². The summed E-state index contributed by atoms with van der Waals surface area (Å²) >= 11 is 0. The molecule has 0 aromatic heterocycles. The minimum absolute atomic E-state index is 0.190. The van der Waals surface area contributed by atoms with Gasteiger partial charge in [0, 0.05) is 11.1 Å². The Kier molecular flexibility index (Phi) is 1.86. The smallest absolute Gasteiger partial charge is 0.254 e. The highest BCUT2D eigenvalue weighted by Gasteiger charge is 2.39. The number of aliphatic hydroxyl groups is 1. The maximum Gasteiger partial charge on any atom is 0.254 e. The minimum atomic E-state index is -1.17. The summed E-state index contributed by atoms with van der Waals surface area (Å²) in [4.78, 5) is 11.5. The van der Waals surface area contributed by atoms with Crippen LogP contribution in [0.5, 0.6) is 0 Å². The van der Waals surface area contributed by atoms with Crippen LogP contribution in [0.3, 0.4) is 0 Å². The second-order valence-corrected chi connectivity index (χ2v) is 3.72. The average molecular weight is 191 g/mol. The zero-order valence-electron chi connectivity index (χ0n) is 8.29. The molecule has 1 amide bonds. The number of fused-ring (bicyclic) bond motifs is 1. The summed E-state index contributed by atoms with van der Waals surface area (Å²) in [7, 11) is 0. The predicted octanol–water partition coefficient (Wildman–Crippen LogP) is 1.29. The second kappa shape index (κ2) is 2.82. The second-order valence-electron chi connectivity index (χ2n) is 3.72. The molecule has 1 aliphatic heterocycles. The fraction of sp³-hybridized carbons (Fsp3) is 0.364. The van der Waals surface area contributed by atoms with Crippen molar-refractivity contribution in [2.24, 2.45) is 0 Å². The third-order valence-corrected chi connectivity index (χ3v) is 2.70. The Balaban J connectivity index is 2.62. The van der Waals surface area contributed by atoms with E-state index in [1.165, 1.54) is 0 Å². The van der Waals surface area contributed by atoms with Gasteiger partial charge in [-0.3, -0.25) is 4.79 Å². The van der Waals surface area contributed by atoms with Crippen molar-refractivity contribution < 1.29 is 9.90 Å². The van der Waals surface area contributed by atoms with Gasteiger partial charge in [-0.05, 0) is 19.4 Å². The Bertz CT molecular complexity index is 400. The molecule has 2 rings (SSSR count). The lowest BCUT2D eigenvalue weighted by Gasteiger charge is -2.21. The first-order chi connectivity index (χ1) is 6.57. The zero-order chi connectivity index (χ0) is 10.3. The first-order valence-electron chi connectivity index (χ1n) is 4.73. The van der Waals surface area contributed by atoms with Gasteiger partial charge in [0.25, 0.3) is 5.91 Å². The Morgan fingerprint density at radius 2 is 2.21 bits per heavy atom. The van der Waals surface area contributed by atoms with Crippen LogP contribution in [0.1, 0.15) is 34.8 Å². The minimum Gasteiger partial charge on any atom is -0.367 e. The Hall–Kier alpha value is -1.35. The molecule has 0 radical (unpaired) electrons. The topological polar surface area (TPSA) is 49.3 Å². The number of carbonyl (C=O) groups excluding carboxylic acids is 1. The Labute approximate surface area is 82.8 Å². The molecular formula is C11H13NO2. The monoisotopic (exact) mass is 191 g/mol. The SMILES string of the molecule is CCC1(O)NC(=O)c2ccc(C)cc21. The van der Waals surface area contributed by atoms with E-state index in [0.29, 0.717) is 17.5 Å². The van der Waals surface area contributed by atoms with E-state index in [-0.39, 0.29) is 5.91 Å². The highest BCUT2D eigenvalue weighted by Crippen LogP contribution is 2.31. The van der Waals surface area contributed by atoms with Crippen molar-refractivity contribution in [1.29, 1.82) is 0 Å². The first kappa shape index (κ1) is 9.21. The number of rotatable bonds is 1. The predicted molar refractivity (Wildman–Crippen MR) is 52.8 cm³/mol. The van der Waals surface area contributed by atoms with E-state index in [1.807, 2.05) is 26.0 Å². The molecule has 0 bridgehead atoms. The van der Waals surface area contributed by atoms with Gasteiger partial charge in [0.15, 0.2) is 5.72 Å². The van der Waals surface area contributed by atoms with Gasteiger partial charge < -0.3 is 10.4 Å². The number of carbonyl (C=O) groups is 1. The lowest BCUT2D eigenvalue weighted by Crippen LogP contribution is -2.38. The molecule has 0 fully saturated rings. The Morgan fingerprint density at radius 3 is 2.86 bits per heavy atom. The van der Waals surface area contributed by atoms with Crippen LogP contribution in [-0.4, -0.2) is 11.0 Å². The number of nitrogens with one attached hydrogen (secondary N) is 1. The molecule has 3 nitrogen and oxygen atoms in total. The van der Waals surface area contributed by atoms with Gasteiger partial charge in [0.1, 0.15) is 0 Å². The zero-order valence-corrected chi connectivity index (χ0v) is 8.29. The van der Waals surface area contributed by atoms with E-state index in [1.54, 1.807) is 6.07 Å². The summed E-state index contributed by atoms with van der Waals surface area (Å²) in [5.74, 6) is -0.190. The summed E-state index contributed by atoms with van der Waals surface area (Å²) in [6.07, 6.45) is 0.481. The lowest BCUT2D eigenvalue weighted by molar-refractivity contribution is 0.00965. The lowest BCUT2D eigenvalue weighted by atomic mass is 9.97. The fourth-order valence-electron chi connectivity index (χ4n) is 1.80. The van der Waals surface area contributed by atoms with Crippen molar-refractivity contribution in [3.63, 3.8) is 0 Å². The molecule has 14 heavy (non-hydrogen) atoms. The highest BCUT2D eigenvalue weighted by atomic mass is 16.3. The summed E-state index contributed by atoms with van der Waals surface area (Å²) < 4.78 is 0. The van der Waals surface area contributed by atoms with Crippen LogP contribution in [0, 0.1) is 6.92 Å². The molecule has 0 saturated carbocycles. The largest absolute Gasteiger partial charge is 0.367 e. The van der Waals surface area contributed by atoms with Crippen LogP contribution in [0.2, 0.25) is 0 Å². The third-order valence-electron chi connectivity index (χ3n) is 2.70. The molecule has 1 unspecified atom stereocenters. The van der Waals surface area contributed by atoms with Crippen molar-refractivity contribution in [2.45, 2.75) is 26.0 Å². The first-order valence-corrected chi connectivity index (χ1v) is 4.73. The molecule has 2 N–H and O–H groups in total. The van der Waals surface area contributed by atoms with Gasteiger partial charge in [0.2, 0.25) is 0 Å². The van der Waals surface area contributed by atoms with Gasteiger partial charge in [-0.15, -0.1) is 0 Å². The van der Waals surface area contributed by atoms with E-state index in [2.05, 4.69) is 5.32 Å². The van der Waals surface area contributed by atoms with Crippen LogP contribution in [0.25, 0.3) is 0 Å². The molecule has 1 aromatic rings. The number of aryl methyl sites for hydroxylation is 1. The maximum atomic E-state index is 11.5. The van der Waals surface area contributed by atoms with Crippen molar-refractivity contribution in [3.8, 4) is 0 Å². The van der Waals surface area contributed by atoms with Crippen molar-refractivity contribution in [3.05, 3.63) is 34.9 Å². The van der Waals surface area contributed by atoms with Crippen LogP contribution in [0.4, 0.5) is 0 Å². The van der Waals surface area contributed by atoms with E-state index in [4.69, 9.17) is 0 Å². The van der Waals surface area contributed by atoms with Crippen LogP contribution in [-0.2, 0) is 5.72 Å². The van der Waals surface area contributed by atoms with Crippen molar-refractivity contribution in [2.75, 3.05) is 0 Å². The third kappa shape index (κ3) is 1.13. The summed E-state index contributed by atoms with van der Waals surface area (Å²) in [5, 5.41) is 12.7. The molecule has 1 aliphatic rings.